The van der Waals surface area contributed by atoms with Gasteiger partial charge in [-0.1, -0.05) is 32.4 Å². The predicted octanol–water partition coefficient (Wildman–Crippen LogP) is 3.49. The molecule has 0 unspecified atom stereocenters. The first-order valence-electron chi connectivity index (χ1n) is 5.21. The smallest absolute Gasteiger partial charge is 0.133 e. The first-order chi connectivity index (χ1) is 6.00. The Hall–Kier alpha value is -0.590. The SMILES string of the molecule is CC(C)(C)/C1=C/CCC(=O)CCC1. The molecule has 0 heterocycles. The maximum atomic E-state index is 11.2. The summed E-state index contributed by atoms with van der Waals surface area (Å²) in [5.41, 5.74) is 1.82. The number of ketones is 1. The highest BCUT2D eigenvalue weighted by molar-refractivity contribution is 5.78. The fourth-order valence-corrected chi connectivity index (χ4v) is 1.79. The molecule has 0 N–H and O–H groups in total. The third-order valence-electron chi connectivity index (χ3n) is 2.68. The van der Waals surface area contributed by atoms with Gasteiger partial charge in [-0.3, -0.25) is 4.79 Å². The maximum Gasteiger partial charge on any atom is 0.133 e. The molecule has 0 bridgehead atoms. The summed E-state index contributed by atoms with van der Waals surface area (Å²) in [6.07, 6.45) is 6.91. The zero-order valence-corrected chi connectivity index (χ0v) is 9.02. The van der Waals surface area contributed by atoms with Crippen molar-refractivity contribution in [3.63, 3.8) is 0 Å². The Labute approximate surface area is 81.2 Å². The lowest BCUT2D eigenvalue weighted by Gasteiger charge is -2.24. The monoisotopic (exact) mass is 180 g/mol. The topological polar surface area (TPSA) is 17.1 Å². The lowest BCUT2D eigenvalue weighted by molar-refractivity contribution is -0.119. The summed E-state index contributed by atoms with van der Waals surface area (Å²) < 4.78 is 0. The second-order valence-corrected chi connectivity index (χ2v) is 4.91. The summed E-state index contributed by atoms with van der Waals surface area (Å²) in [7, 11) is 0. The van der Waals surface area contributed by atoms with Crippen molar-refractivity contribution in [2.24, 2.45) is 5.41 Å². The lowest BCUT2D eigenvalue weighted by Crippen LogP contribution is -2.12. The van der Waals surface area contributed by atoms with Gasteiger partial charge in [-0.2, -0.15) is 0 Å². The zero-order chi connectivity index (χ0) is 9.90. The Morgan fingerprint density at radius 1 is 1.15 bits per heavy atom. The molecule has 1 aliphatic rings. The van der Waals surface area contributed by atoms with Crippen LogP contribution >= 0.6 is 0 Å². The number of carbonyl (C=O) groups is 1. The number of Topliss-reactive ketones (excluding diaryl/α,β-unsaturated/α-hetero) is 1. The minimum absolute atomic E-state index is 0.292. The van der Waals surface area contributed by atoms with Crippen molar-refractivity contribution in [2.75, 3.05) is 0 Å². The second kappa shape index (κ2) is 4.08. The van der Waals surface area contributed by atoms with Crippen LogP contribution in [0.2, 0.25) is 0 Å². The van der Waals surface area contributed by atoms with Crippen LogP contribution in [0.3, 0.4) is 0 Å². The number of carbonyl (C=O) groups excluding carboxylic acids is 1. The molecule has 0 radical (unpaired) electrons. The molecule has 0 fully saturated rings. The van der Waals surface area contributed by atoms with Gasteiger partial charge < -0.3 is 0 Å². The fourth-order valence-electron chi connectivity index (χ4n) is 1.79. The molecule has 1 rings (SSSR count). The maximum absolute atomic E-state index is 11.2. The number of allylic oxidation sites excluding steroid dienone is 2. The van der Waals surface area contributed by atoms with Crippen molar-refractivity contribution in [1.29, 1.82) is 0 Å². The van der Waals surface area contributed by atoms with Crippen molar-refractivity contribution in [2.45, 2.75) is 52.9 Å². The van der Waals surface area contributed by atoms with Crippen LogP contribution in [0.5, 0.6) is 0 Å². The first-order valence-corrected chi connectivity index (χ1v) is 5.21. The van der Waals surface area contributed by atoms with Gasteiger partial charge in [0.2, 0.25) is 0 Å². The Morgan fingerprint density at radius 3 is 2.46 bits per heavy atom. The molecular weight excluding hydrogens is 160 g/mol. The molecule has 0 aromatic rings. The highest BCUT2D eigenvalue weighted by Gasteiger charge is 2.18. The molecule has 0 amide bonds. The number of rotatable bonds is 0. The van der Waals surface area contributed by atoms with E-state index in [1.54, 1.807) is 0 Å². The minimum Gasteiger partial charge on any atom is -0.300 e. The largest absolute Gasteiger partial charge is 0.300 e. The summed E-state index contributed by atoms with van der Waals surface area (Å²) in [6.45, 7) is 6.76. The summed E-state index contributed by atoms with van der Waals surface area (Å²) in [4.78, 5) is 11.2. The van der Waals surface area contributed by atoms with E-state index in [-0.39, 0.29) is 0 Å². The standard InChI is InChI=1S/C12H20O/c1-12(2,3)10-6-4-8-11(13)9-5-7-10/h6H,4-5,7-9H2,1-3H3/b10-6+. The van der Waals surface area contributed by atoms with Crippen LogP contribution in [0.15, 0.2) is 11.6 Å². The van der Waals surface area contributed by atoms with Crippen molar-refractivity contribution in [3.8, 4) is 0 Å². The summed E-state index contributed by atoms with van der Waals surface area (Å²) in [5, 5.41) is 0. The predicted molar refractivity (Wildman–Crippen MR) is 55.6 cm³/mol. The van der Waals surface area contributed by atoms with Crippen molar-refractivity contribution in [1.82, 2.24) is 0 Å². The number of hydrogen-bond donors (Lipinski definition) is 0. The van der Waals surface area contributed by atoms with Gasteiger partial charge in [-0.25, -0.2) is 0 Å². The molecule has 0 aromatic heterocycles. The first kappa shape index (κ1) is 10.5. The Bertz CT molecular complexity index is 218. The molecule has 13 heavy (non-hydrogen) atoms. The van der Waals surface area contributed by atoms with Gasteiger partial charge in [0.15, 0.2) is 0 Å². The molecular formula is C12H20O. The molecule has 1 aliphatic carbocycles. The van der Waals surface area contributed by atoms with Gasteiger partial charge in [0.25, 0.3) is 0 Å². The molecule has 1 heteroatoms. The van der Waals surface area contributed by atoms with E-state index in [9.17, 15) is 4.79 Å². The summed E-state index contributed by atoms with van der Waals surface area (Å²) in [6, 6.07) is 0. The Kier molecular flexibility index (Phi) is 3.29. The van der Waals surface area contributed by atoms with E-state index in [1.165, 1.54) is 5.57 Å². The van der Waals surface area contributed by atoms with Crippen molar-refractivity contribution >= 4 is 5.78 Å². The molecule has 74 valence electrons. The van der Waals surface area contributed by atoms with Crippen LogP contribution in [-0.4, -0.2) is 5.78 Å². The van der Waals surface area contributed by atoms with Crippen LogP contribution < -0.4 is 0 Å². The van der Waals surface area contributed by atoms with Gasteiger partial charge in [0.05, 0.1) is 0 Å². The second-order valence-electron chi connectivity index (χ2n) is 4.91. The van der Waals surface area contributed by atoms with E-state index in [1.807, 2.05) is 0 Å². The Balaban J connectivity index is 2.65. The molecule has 0 atom stereocenters. The average molecular weight is 180 g/mol. The van der Waals surface area contributed by atoms with Gasteiger partial charge in [-0.05, 0) is 24.7 Å². The van der Waals surface area contributed by atoms with Crippen LogP contribution in [0.4, 0.5) is 0 Å². The van der Waals surface area contributed by atoms with Crippen LogP contribution in [-0.2, 0) is 4.79 Å². The molecule has 0 aromatic carbocycles. The van der Waals surface area contributed by atoms with Crippen molar-refractivity contribution in [3.05, 3.63) is 11.6 Å². The van der Waals surface area contributed by atoms with E-state index in [2.05, 4.69) is 26.8 Å². The molecule has 0 saturated carbocycles. The quantitative estimate of drug-likeness (QED) is 0.521. The highest BCUT2D eigenvalue weighted by atomic mass is 16.1. The molecule has 0 aliphatic heterocycles. The van der Waals surface area contributed by atoms with Gasteiger partial charge >= 0.3 is 0 Å². The van der Waals surface area contributed by atoms with E-state index in [4.69, 9.17) is 0 Å². The fraction of sp³-hybridized carbons (Fsp3) is 0.750. The van der Waals surface area contributed by atoms with Gasteiger partial charge in [0.1, 0.15) is 5.78 Å². The third kappa shape index (κ3) is 3.33. The van der Waals surface area contributed by atoms with Gasteiger partial charge in [0, 0.05) is 12.8 Å². The molecule has 0 spiro atoms. The normalized spacial score (nSPS) is 24.5. The van der Waals surface area contributed by atoms with E-state index in [0.717, 1.165) is 32.1 Å². The minimum atomic E-state index is 0.292. The third-order valence-corrected chi connectivity index (χ3v) is 2.68. The molecule has 1 nitrogen and oxygen atoms in total. The molecule has 0 saturated heterocycles. The summed E-state index contributed by atoms with van der Waals surface area (Å²) >= 11 is 0. The Morgan fingerprint density at radius 2 is 1.85 bits per heavy atom. The van der Waals surface area contributed by atoms with Crippen LogP contribution in [0.1, 0.15) is 52.9 Å². The zero-order valence-electron chi connectivity index (χ0n) is 9.02. The van der Waals surface area contributed by atoms with Crippen LogP contribution in [0.25, 0.3) is 0 Å². The lowest BCUT2D eigenvalue weighted by atomic mass is 9.81. The van der Waals surface area contributed by atoms with E-state index < -0.39 is 0 Å². The number of hydrogen-bond acceptors (Lipinski definition) is 1. The van der Waals surface area contributed by atoms with Crippen molar-refractivity contribution < 1.29 is 4.79 Å². The highest BCUT2D eigenvalue weighted by Crippen LogP contribution is 2.31. The van der Waals surface area contributed by atoms with E-state index >= 15 is 0 Å². The van der Waals surface area contributed by atoms with E-state index in [0.29, 0.717) is 11.2 Å². The summed E-state index contributed by atoms with van der Waals surface area (Å²) in [5.74, 6) is 0.434. The average Bonchev–Trinajstić information content (AvgIpc) is 1.93. The van der Waals surface area contributed by atoms with Crippen LogP contribution in [0, 0.1) is 5.41 Å². The van der Waals surface area contributed by atoms with Gasteiger partial charge in [-0.15, -0.1) is 0 Å².